The molecule has 0 spiro atoms. The average molecular weight is 522 g/mol. The molecule has 3 heterocycles. The van der Waals surface area contributed by atoms with Gasteiger partial charge in [-0.05, 0) is 29.7 Å². The highest BCUT2D eigenvalue weighted by Gasteiger charge is 2.31. The van der Waals surface area contributed by atoms with Crippen LogP contribution in [-0.2, 0) is 17.8 Å². The Morgan fingerprint density at radius 1 is 0.921 bits per heavy atom. The van der Waals surface area contributed by atoms with Gasteiger partial charge in [0, 0.05) is 25.3 Å². The van der Waals surface area contributed by atoms with Crippen LogP contribution in [0.15, 0.2) is 107 Å². The molecule has 8 heteroatoms. The van der Waals surface area contributed by atoms with Gasteiger partial charge >= 0.3 is 0 Å². The molecule has 38 heavy (non-hydrogen) atoms. The first-order chi connectivity index (χ1) is 18.7. The summed E-state index contributed by atoms with van der Waals surface area (Å²) in [7, 11) is 0. The molecule has 0 N–H and O–H groups in total. The summed E-state index contributed by atoms with van der Waals surface area (Å²) >= 11 is 1.52. The Kier molecular flexibility index (Phi) is 6.79. The fraction of sp³-hybridized carbons (Fsp3) is 0.200. The van der Waals surface area contributed by atoms with Gasteiger partial charge in [0.2, 0.25) is 5.91 Å². The van der Waals surface area contributed by atoms with E-state index in [4.69, 9.17) is 4.98 Å². The van der Waals surface area contributed by atoms with Crippen LogP contribution in [0.4, 0.5) is 0 Å². The molecule has 2 aromatic heterocycles. The molecule has 3 aromatic carbocycles. The second-order valence-corrected chi connectivity index (χ2v) is 10.4. The fourth-order valence-electron chi connectivity index (χ4n) is 4.87. The maximum Gasteiger partial charge on any atom is 0.265 e. The van der Waals surface area contributed by atoms with Gasteiger partial charge in [-0.1, -0.05) is 90.6 Å². The van der Waals surface area contributed by atoms with E-state index in [0.717, 1.165) is 17.7 Å². The number of thioether (sulfide) groups is 1. The third-order valence-electron chi connectivity index (χ3n) is 6.86. The molecule has 0 aliphatic carbocycles. The zero-order valence-electron chi connectivity index (χ0n) is 20.8. The average Bonchev–Trinajstić information content (AvgIpc) is 3.57. The predicted molar refractivity (Wildman–Crippen MR) is 150 cm³/mol. The maximum absolute atomic E-state index is 13.7. The third kappa shape index (κ3) is 4.87. The molecule has 7 nitrogen and oxygen atoms in total. The van der Waals surface area contributed by atoms with Crippen molar-refractivity contribution in [1.82, 2.24) is 24.2 Å². The molecule has 5 aromatic rings. The third-order valence-corrected chi connectivity index (χ3v) is 7.96. The first-order valence-electron chi connectivity index (χ1n) is 12.7. The molecule has 1 aliphatic rings. The summed E-state index contributed by atoms with van der Waals surface area (Å²) in [6.07, 6.45) is 2.60. The number of carbonyl (C=O) groups is 1. The van der Waals surface area contributed by atoms with Crippen LogP contribution in [-0.4, -0.2) is 42.4 Å². The van der Waals surface area contributed by atoms with Gasteiger partial charge in [0.25, 0.3) is 5.56 Å². The van der Waals surface area contributed by atoms with Gasteiger partial charge in [-0.15, -0.1) is 0 Å². The van der Waals surface area contributed by atoms with Crippen LogP contribution in [0.25, 0.3) is 16.7 Å². The van der Waals surface area contributed by atoms with E-state index in [1.807, 2.05) is 83.8 Å². The smallest absolute Gasteiger partial charge is 0.265 e. The van der Waals surface area contributed by atoms with Gasteiger partial charge in [-0.2, -0.15) is 5.10 Å². The summed E-state index contributed by atoms with van der Waals surface area (Å²) in [6, 6.07) is 29.7. The number of para-hydroxylation sites is 1. The number of hydrogen-bond donors (Lipinski definition) is 0. The van der Waals surface area contributed by atoms with Crippen molar-refractivity contribution in [2.45, 2.75) is 30.6 Å². The number of benzene rings is 3. The van der Waals surface area contributed by atoms with Gasteiger partial charge in [-0.25, -0.2) is 9.67 Å². The highest BCUT2D eigenvalue weighted by Crippen LogP contribution is 2.34. The second-order valence-electron chi connectivity index (χ2n) is 9.40. The minimum absolute atomic E-state index is 0.0372. The van der Waals surface area contributed by atoms with Gasteiger partial charge in [-0.3, -0.25) is 14.2 Å². The monoisotopic (exact) mass is 521 g/mol. The lowest BCUT2D eigenvalue weighted by molar-refractivity contribution is -0.132. The Morgan fingerprint density at radius 2 is 1.58 bits per heavy atom. The van der Waals surface area contributed by atoms with E-state index >= 15 is 0 Å². The van der Waals surface area contributed by atoms with Gasteiger partial charge in [0.05, 0.1) is 17.9 Å². The van der Waals surface area contributed by atoms with Crippen LogP contribution in [0.3, 0.4) is 0 Å². The van der Waals surface area contributed by atoms with Crippen molar-refractivity contribution in [3.8, 4) is 5.69 Å². The van der Waals surface area contributed by atoms with E-state index in [0.29, 0.717) is 35.0 Å². The Balaban J connectivity index is 1.26. The normalized spacial score (nSPS) is 14.5. The number of nitrogens with zero attached hydrogens (tertiary/aromatic N) is 5. The topological polar surface area (TPSA) is 73.0 Å². The molecule has 1 aliphatic heterocycles. The summed E-state index contributed by atoms with van der Waals surface area (Å²) < 4.78 is 3.39. The summed E-state index contributed by atoms with van der Waals surface area (Å²) in [5, 5.41) is 5.53. The lowest BCUT2D eigenvalue weighted by atomic mass is 10.1. The van der Waals surface area contributed by atoms with E-state index in [1.165, 1.54) is 17.3 Å². The van der Waals surface area contributed by atoms with Crippen molar-refractivity contribution in [3.05, 3.63) is 119 Å². The molecular formula is C30H27N5O2S. The number of fused-ring (bicyclic) bond motifs is 2. The van der Waals surface area contributed by atoms with Gasteiger partial charge in [0.15, 0.2) is 10.8 Å². The molecule has 0 saturated carbocycles. The van der Waals surface area contributed by atoms with E-state index in [1.54, 1.807) is 15.4 Å². The Bertz CT molecular complexity index is 1620. The molecule has 1 amide bonds. The quantitative estimate of drug-likeness (QED) is 0.272. The van der Waals surface area contributed by atoms with Gasteiger partial charge in [0.1, 0.15) is 5.39 Å². The molecule has 0 fully saturated rings. The molecule has 0 radical (unpaired) electrons. The standard InChI is InChI=1S/C30H27N5O2S/c36-27(33(20-23-12-6-2-7-13-23)17-16-22-10-4-1-5-11-22)18-25-21-38-30-32-28-26(29(37)34(25)30)19-31-35(28)24-14-8-3-9-15-24/h1-15,19,25H,16-18,20-21H2. The number of hydrogen-bond acceptors (Lipinski definition) is 5. The van der Waals surface area contributed by atoms with Crippen LogP contribution in [0.2, 0.25) is 0 Å². The minimum Gasteiger partial charge on any atom is -0.338 e. The molecular weight excluding hydrogens is 494 g/mol. The number of rotatable bonds is 8. The summed E-state index contributed by atoms with van der Waals surface area (Å²) in [4.78, 5) is 33.9. The van der Waals surface area contributed by atoms with E-state index in [-0.39, 0.29) is 23.9 Å². The first-order valence-corrected chi connectivity index (χ1v) is 13.7. The Hall–Kier alpha value is -4.17. The highest BCUT2D eigenvalue weighted by atomic mass is 32.2. The van der Waals surface area contributed by atoms with E-state index in [9.17, 15) is 9.59 Å². The van der Waals surface area contributed by atoms with Crippen molar-refractivity contribution in [1.29, 1.82) is 0 Å². The van der Waals surface area contributed by atoms with Crippen molar-refractivity contribution in [3.63, 3.8) is 0 Å². The van der Waals surface area contributed by atoms with E-state index < -0.39 is 0 Å². The first kappa shape index (κ1) is 24.2. The zero-order valence-corrected chi connectivity index (χ0v) is 21.6. The Labute approximate surface area is 224 Å². The van der Waals surface area contributed by atoms with Crippen molar-refractivity contribution < 1.29 is 4.79 Å². The van der Waals surface area contributed by atoms with Gasteiger partial charge < -0.3 is 4.90 Å². The molecule has 190 valence electrons. The summed E-state index contributed by atoms with van der Waals surface area (Å²) in [5.41, 5.74) is 3.53. The summed E-state index contributed by atoms with van der Waals surface area (Å²) in [5.74, 6) is 0.673. The predicted octanol–water partition coefficient (Wildman–Crippen LogP) is 4.89. The molecule has 6 rings (SSSR count). The minimum atomic E-state index is -0.248. The second kappa shape index (κ2) is 10.7. The molecule has 0 saturated heterocycles. The van der Waals surface area contributed by atoms with Crippen LogP contribution >= 0.6 is 11.8 Å². The summed E-state index contributed by atoms with van der Waals surface area (Å²) in [6.45, 7) is 1.15. The number of aromatic nitrogens is 4. The van der Waals surface area contributed by atoms with Crippen LogP contribution in [0, 0.1) is 0 Å². The lowest BCUT2D eigenvalue weighted by Crippen LogP contribution is -2.35. The zero-order chi connectivity index (χ0) is 25.9. The maximum atomic E-state index is 13.7. The lowest BCUT2D eigenvalue weighted by Gasteiger charge is -2.25. The molecule has 0 bridgehead atoms. The van der Waals surface area contributed by atoms with E-state index in [2.05, 4.69) is 17.2 Å². The highest BCUT2D eigenvalue weighted by molar-refractivity contribution is 7.99. The van der Waals surface area contributed by atoms with Crippen LogP contribution in [0.1, 0.15) is 23.6 Å². The van der Waals surface area contributed by atoms with Crippen LogP contribution in [0.5, 0.6) is 0 Å². The molecule has 1 unspecified atom stereocenters. The van der Waals surface area contributed by atoms with Crippen LogP contribution < -0.4 is 5.56 Å². The van der Waals surface area contributed by atoms with Crippen molar-refractivity contribution in [2.24, 2.45) is 0 Å². The number of amides is 1. The molecule has 1 atom stereocenters. The number of carbonyl (C=O) groups excluding carboxylic acids is 1. The van der Waals surface area contributed by atoms with Crippen molar-refractivity contribution in [2.75, 3.05) is 12.3 Å². The largest absolute Gasteiger partial charge is 0.338 e. The Morgan fingerprint density at radius 3 is 2.29 bits per heavy atom. The SMILES string of the molecule is O=C(CC1CSc2nc3c(cnn3-c3ccccc3)c(=O)n21)N(CCc1ccccc1)Cc1ccccc1. The van der Waals surface area contributed by atoms with Crippen molar-refractivity contribution >= 4 is 28.7 Å². The fourth-order valence-corrected chi connectivity index (χ4v) is 6.00.